The Hall–Kier alpha value is -0.620. The molecule has 0 saturated carbocycles. The fourth-order valence-corrected chi connectivity index (χ4v) is 2.27. The second-order valence-corrected chi connectivity index (χ2v) is 5.11. The summed E-state index contributed by atoms with van der Waals surface area (Å²) in [5.74, 6) is -0.190. The van der Waals surface area contributed by atoms with Gasteiger partial charge in [-0.1, -0.05) is 11.6 Å². The minimum Gasteiger partial charge on any atom is -0.383 e. The number of halogens is 1. The minimum atomic E-state index is -0.600. The molecule has 0 radical (unpaired) electrons. The fourth-order valence-electron chi connectivity index (χ4n) is 1.18. The standard InChI is InChI=1S/C10H15ClN2O2S/c1-15-6-8(12)10(14)13-5-4-7-2-3-9(11)16-7/h2-3,8H,4-6,12H2,1H3,(H,13,14). The molecule has 1 unspecified atom stereocenters. The first-order valence-corrected chi connectivity index (χ1v) is 6.09. The molecule has 16 heavy (non-hydrogen) atoms. The molecule has 0 saturated heterocycles. The van der Waals surface area contributed by atoms with Gasteiger partial charge in [0.15, 0.2) is 0 Å². The van der Waals surface area contributed by atoms with Crippen LogP contribution in [0.1, 0.15) is 4.88 Å². The summed E-state index contributed by atoms with van der Waals surface area (Å²) in [6.07, 6.45) is 0.767. The van der Waals surface area contributed by atoms with Crippen LogP contribution in [0.25, 0.3) is 0 Å². The number of thiophene rings is 1. The van der Waals surface area contributed by atoms with Crippen LogP contribution in [0.4, 0.5) is 0 Å². The predicted octanol–water partition coefficient (Wildman–Crippen LogP) is 1.03. The summed E-state index contributed by atoms with van der Waals surface area (Å²) in [5.41, 5.74) is 5.56. The van der Waals surface area contributed by atoms with Crippen molar-refractivity contribution < 1.29 is 9.53 Å². The SMILES string of the molecule is COCC(N)C(=O)NCCc1ccc(Cl)s1. The van der Waals surface area contributed by atoms with E-state index < -0.39 is 6.04 Å². The molecule has 0 spiro atoms. The molecule has 1 atom stereocenters. The number of ether oxygens (including phenoxy) is 1. The smallest absolute Gasteiger partial charge is 0.239 e. The van der Waals surface area contributed by atoms with Gasteiger partial charge in [-0.3, -0.25) is 4.79 Å². The Morgan fingerprint density at radius 3 is 3.00 bits per heavy atom. The molecule has 1 aromatic heterocycles. The van der Waals surface area contributed by atoms with E-state index in [2.05, 4.69) is 5.32 Å². The number of hydrogen-bond acceptors (Lipinski definition) is 4. The molecule has 0 fully saturated rings. The van der Waals surface area contributed by atoms with E-state index in [1.54, 1.807) is 0 Å². The summed E-state index contributed by atoms with van der Waals surface area (Å²) in [7, 11) is 1.51. The van der Waals surface area contributed by atoms with E-state index in [0.717, 1.165) is 15.6 Å². The molecular formula is C10H15ClN2O2S. The van der Waals surface area contributed by atoms with Gasteiger partial charge in [0.25, 0.3) is 0 Å². The molecule has 3 N–H and O–H groups in total. The fraction of sp³-hybridized carbons (Fsp3) is 0.500. The van der Waals surface area contributed by atoms with Crippen molar-refractivity contribution in [3.05, 3.63) is 21.3 Å². The zero-order chi connectivity index (χ0) is 12.0. The summed E-state index contributed by atoms with van der Waals surface area (Å²) >= 11 is 7.30. The topological polar surface area (TPSA) is 64.3 Å². The van der Waals surface area contributed by atoms with Crippen LogP contribution in [-0.4, -0.2) is 32.2 Å². The Balaban J connectivity index is 2.22. The van der Waals surface area contributed by atoms with Crippen molar-refractivity contribution in [1.82, 2.24) is 5.32 Å². The highest BCUT2D eigenvalue weighted by Gasteiger charge is 2.11. The average Bonchev–Trinajstić information content (AvgIpc) is 2.64. The maximum Gasteiger partial charge on any atom is 0.239 e. The number of carbonyl (C=O) groups excluding carboxylic acids is 1. The molecule has 0 aliphatic carbocycles. The molecule has 0 aromatic carbocycles. The first-order valence-electron chi connectivity index (χ1n) is 4.90. The van der Waals surface area contributed by atoms with E-state index in [1.807, 2.05) is 12.1 Å². The Kier molecular flexibility index (Phi) is 5.76. The number of methoxy groups -OCH3 is 1. The molecule has 1 amide bonds. The lowest BCUT2D eigenvalue weighted by Gasteiger charge is -2.10. The highest BCUT2D eigenvalue weighted by atomic mass is 35.5. The lowest BCUT2D eigenvalue weighted by atomic mass is 10.3. The van der Waals surface area contributed by atoms with Gasteiger partial charge in [0.1, 0.15) is 6.04 Å². The van der Waals surface area contributed by atoms with Crippen LogP contribution < -0.4 is 11.1 Å². The summed E-state index contributed by atoms with van der Waals surface area (Å²) in [6, 6.07) is 3.20. The number of rotatable bonds is 6. The Morgan fingerprint density at radius 1 is 1.69 bits per heavy atom. The first-order chi connectivity index (χ1) is 7.63. The minimum absolute atomic E-state index is 0.190. The zero-order valence-electron chi connectivity index (χ0n) is 9.03. The van der Waals surface area contributed by atoms with E-state index in [4.69, 9.17) is 22.1 Å². The van der Waals surface area contributed by atoms with E-state index in [-0.39, 0.29) is 12.5 Å². The van der Waals surface area contributed by atoms with Crippen molar-refractivity contribution in [2.45, 2.75) is 12.5 Å². The number of nitrogens with one attached hydrogen (secondary N) is 1. The molecular weight excluding hydrogens is 248 g/mol. The van der Waals surface area contributed by atoms with Gasteiger partial charge in [0.2, 0.25) is 5.91 Å². The van der Waals surface area contributed by atoms with Crippen LogP contribution in [0, 0.1) is 0 Å². The highest BCUT2D eigenvalue weighted by molar-refractivity contribution is 7.16. The van der Waals surface area contributed by atoms with Gasteiger partial charge in [0.05, 0.1) is 10.9 Å². The van der Waals surface area contributed by atoms with Crippen molar-refractivity contribution in [3.63, 3.8) is 0 Å². The Labute approximate surface area is 104 Å². The summed E-state index contributed by atoms with van der Waals surface area (Å²) in [6.45, 7) is 0.795. The Morgan fingerprint density at radius 2 is 2.44 bits per heavy atom. The van der Waals surface area contributed by atoms with E-state index in [0.29, 0.717) is 6.54 Å². The predicted molar refractivity (Wildman–Crippen MR) is 65.9 cm³/mol. The monoisotopic (exact) mass is 262 g/mol. The van der Waals surface area contributed by atoms with Crippen LogP contribution in [0.5, 0.6) is 0 Å². The molecule has 1 rings (SSSR count). The van der Waals surface area contributed by atoms with Crippen LogP contribution in [0.3, 0.4) is 0 Å². The quantitative estimate of drug-likeness (QED) is 0.805. The second kappa shape index (κ2) is 6.85. The third kappa shape index (κ3) is 4.49. The van der Waals surface area contributed by atoms with Crippen LogP contribution in [-0.2, 0) is 16.0 Å². The maximum absolute atomic E-state index is 11.4. The van der Waals surface area contributed by atoms with Gasteiger partial charge in [0, 0.05) is 18.5 Å². The van der Waals surface area contributed by atoms with Crippen molar-refractivity contribution in [2.24, 2.45) is 5.73 Å². The van der Waals surface area contributed by atoms with Gasteiger partial charge < -0.3 is 15.8 Å². The van der Waals surface area contributed by atoms with Gasteiger partial charge in [-0.15, -0.1) is 11.3 Å². The Bertz CT molecular complexity index is 343. The van der Waals surface area contributed by atoms with Crippen molar-refractivity contribution in [1.29, 1.82) is 0 Å². The molecule has 0 bridgehead atoms. The van der Waals surface area contributed by atoms with Gasteiger partial charge in [-0.05, 0) is 18.6 Å². The van der Waals surface area contributed by atoms with Crippen molar-refractivity contribution in [2.75, 3.05) is 20.3 Å². The number of carbonyl (C=O) groups is 1. The molecule has 0 aliphatic heterocycles. The van der Waals surface area contributed by atoms with Crippen LogP contribution in [0.15, 0.2) is 12.1 Å². The molecule has 6 heteroatoms. The van der Waals surface area contributed by atoms with Crippen LogP contribution >= 0.6 is 22.9 Å². The summed E-state index contributed by atoms with van der Waals surface area (Å²) in [5, 5.41) is 2.74. The molecule has 90 valence electrons. The van der Waals surface area contributed by atoms with Gasteiger partial charge in [-0.2, -0.15) is 0 Å². The normalized spacial score (nSPS) is 12.4. The maximum atomic E-state index is 11.4. The van der Waals surface area contributed by atoms with Crippen molar-refractivity contribution in [3.8, 4) is 0 Å². The third-order valence-electron chi connectivity index (χ3n) is 1.98. The lowest BCUT2D eigenvalue weighted by molar-refractivity contribution is -0.123. The van der Waals surface area contributed by atoms with E-state index in [9.17, 15) is 4.79 Å². The molecule has 4 nitrogen and oxygen atoms in total. The number of amides is 1. The largest absolute Gasteiger partial charge is 0.383 e. The van der Waals surface area contributed by atoms with E-state index >= 15 is 0 Å². The third-order valence-corrected chi connectivity index (χ3v) is 3.27. The second-order valence-electron chi connectivity index (χ2n) is 3.31. The van der Waals surface area contributed by atoms with E-state index in [1.165, 1.54) is 18.4 Å². The highest BCUT2D eigenvalue weighted by Crippen LogP contribution is 2.21. The number of hydrogen-bond donors (Lipinski definition) is 2. The molecule has 1 heterocycles. The first kappa shape index (κ1) is 13.4. The van der Waals surface area contributed by atoms with Crippen LogP contribution in [0.2, 0.25) is 4.34 Å². The van der Waals surface area contributed by atoms with Crippen molar-refractivity contribution >= 4 is 28.8 Å². The lowest BCUT2D eigenvalue weighted by Crippen LogP contribution is -2.44. The average molecular weight is 263 g/mol. The summed E-state index contributed by atoms with van der Waals surface area (Å²) < 4.78 is 5.55. The zero-order valence-corrected chi connectivity index (χ0v) is 10.6. The number of nitrogens with two attached hydrogens (primary N) is 1. The van der Waals surface area contributed by atoms with Gasteiger partial charge in [-0.25, -0.2) is 0 Å². The van der Waals surface area contributed by atoms with Gasteiger partial charge >= 0.3 is 0 Å². The summed E-state index contributed by atoms with van der Waals surface area (Å²) in [4.78, 5) is 12.5. The molecule has 0 aliphatic rings. The molecule has 1 aromatic rings.